The van der Waals surface area contributed by atoms with Crippen LogP contribution in [0.1, 0.15) is 35.0 Å². The minimum atomic E-state index is -0.821. The predicted octanol–water partition coefficient (Wildman–Crippen LogP) is 2.22. The van der Waals surface area contributed by atoms with Crippen LogP contribution in [0, 0.1) is 5.92 Å². The number of likely N-dealkylation sites (tertiary alicyclic amines) is 1. The van der Waals surface area contributed by atoms with Crippen LogP contribution < -0.4 is 0 Å². The summed E-state index contributed by atoms with van der Waals surface area (Å²) < 4.78 is 5.09. The van der Waals surface area contributed by atoms with Gasteiger partial charge in [-0.1, -0.05) is 0 Å². The van der Waals surface area contributed by atoms with Crippen LogP contribution in [-0.2, 0) is 16.1 Å². The summed E-state index contributed by atoms with van der Waals surface area (Å²) in [5.74, 6) is -1.36. The summed E-state index contributed by atoms with van der Waals surface area (Å²) in [4.78, 5) is 26.1. The molecule has 0 radical (unpaired) electrons. The molecule has 5 nitrogen and oxygen atoms in total. The zero-order valence-corrected chi connectivity index (χ0v) is 12.5. The Balaban J connectivity index is 2.17. The monoisotopic (exact) mass is 297 g/mol. The first-order valence-electron chi connectivity index (χ1n) is 6.63. The van der Waals surface area contributed by atoms with Crippen LogP contribution in [0.4, 0.5) is 0 Å². The van der Waals surface area contributed by atoms with E-state index in [9.17, 15) is 9.59 Å². The molecule has 2 heterocycles. The van der Waals surface area contributed by atoms with Gasteiger partial charge in [0.1, 0.15) is 0 Å². The lowest BCUT2D eigenvalue weighted by Crippen LogP contribution is -2.47. The third-order valence-electron chi connectivity index (χ3n) is 3.73. The maximum Gasteiger partial charge on any atom is 0.308 e. The number of methoxy groups -OCH3 is 1. The molecule has 2 rings (SSSR count). The molecule has 1 amide bonds. The standard InChI is InChI=1S/C14H19NO4S/c1-9-3-4-10(14(17)18)7-15(9)13(16)12-11(8-19-2)5-6-20-12/h5-6,9-10H,3-4,7-8H2,1-2H3,(H,17,18). The van der Waals surface area contributed by atoms with E-state index >= 15 is 0 Å². The molecule has 0 bridgehead atoms. The molecule has 6 heteroatoms. The summed E-state index contributed by atoms with van der Waals surface area (Å²) in [7, 11) is 1.59. The second kappa shape index (κ2) is 6.37. The summed E-state index contributed by atoms with van der Waals surface area (Å²) in [5.41, 5.74) is 0.868. The third-order valence-corrected chi connectivity index (χ3v) is 4.68. The van der Waals surface area contributed by atoms with E-state index in [0.29, 0.717) is 24.4 Å². The molecule has 2 unspecified atom stereocenters. The highest BCUT2D eigenvalue weighted by Crippen LogP contribution is 2.27. The van der Waals surface area contributed by atoms with Crippen LogP contribution in [0.2, 0.25) is 0 Å². The van der Waals surface area contributed by atoms with E-state index in [0.717, 1.165) is 12.0 Å². The number of amides is 1. The van der Waals surface area contributed by atoms with Gasteiger partial charge >= 0.3 is 5.97 Å². The highest BCUT2D eigenvalue weighted by atomic mass is 32.1. The molecule has 1 aromatic heterocycles. The highest BCUT2D eigenvalue weighted by molar-refractivity contribution is 7.12. The van der Waals surface area contributed by atoms with E-state index in [-0.39, 0.29) is 11.9 Å². The van der Waals surface area contributed by atoms with Crippen LogP contribution in [0.15, 0.2) is 11.4 Å². The van der Waals surface area contributed by atoms with Crippen molar-refractivity contribution >= 4 is 23.2 Å². The number of carboxylic acids is 1. The molecule has 20 heavy (non-hydrogen) atoms. The first-order valence-corrected chi connectivity index (χ1v) is 7.51. The molecule has 0 spiro atoms. The fraction of sp³-hybridized carbons (Fsp3) is 0.571. The van der Waals surface area contributed by atoms with Crippen LogP contribution in [0.5, 0.6) is 0 Å². The van der Waals surface area contributed by atoms with Crippen molar-refractivity contribution in [3.05, 3.63) is 21.9 Å². The second-order valence-corrected chi connectivity index (χ2v) is 6.04. The average molecular weight is 297 g/mol. The van der Waals surface area contributed by atoms with Crippen LogP contribution in [0.25, 0.3) is 0 Å². The number of piperidine rings is 1. The average Bonchev–Trinajstić information content (AvgIpc) is 2.87. The van der Waals surface area contributed by atoms with Crippen LogP contribution >= 0.6 is 11.3 Å². The Morgan fingerprint density at radius 3 is 2.90 bits per heavy atom. The third kappa shape index (κ3) is 3.02. The smallest absolute Gasteiger partial charge is 0.308 e. The maximum absolute atomic E-state index is 12.6. The topological polar surface area (TPSA) is 66.8 Å². The van der Waals surface area contributed by atoms with Crippen molar-refractivity contribution in [1.82, 2.24) is 4.90 Å². The SMILES string of the molecule is COCc1ccsc1C(=O)N1CC(C(=O)O)CCC1C. The number of hydrogen-bond acceptors (Lipinski definition) is 4. The first kappa shape index (κ1) is 15.0. The Labute approximate surface area is 122 Å². The van der Waals surface area contributed by atoms with E-state index in [1.807, 2.05) is 18.4 Å². The highest BCUT2D eigenvalue weighted by Gasteiger charge is 2.33. The van der Waals surface area contributed by atoms with Crippen LogP contribution in [-0.4, -0.2) is 41.6 Å². The molecule has 0 saturated carbocycles. The van der Waals surface area contributed by atoms with Gasteiger partial charge in [-0.2, -0.15) is 0 Å². The Bertz CT molecular complexity index is 499. The Hall–Kier alpha value is -1.40. The van der Waals surface area contributed by atoms with Crippen molar-refractivity contribution in [3.8, 4) is 0 Å². The van der Waals surface area contributed by atoms with Gasteiger partial charge in [-0.3, -0.25) is 9.59 Å². The molecule has 1 aliphatic rings. The first-order chi connectivity index (χ1) is 9.54. The lowest BCUT2D eigenvalue weighted by atomic mass is 9.93. The molecule has 1 aliphatic heterocycles. The molecule has 0 aromatic carbocycles. The van der Waals surface area contributed by atoms with Gasteiger partial charge in [-0.25, -0.2) is 0 Å². The summed E-state index contributed by atoms with van der Waals surface area (Å²) in [5, 5.41) is 11.0. The number of carbonyl (C=O) groups excluding carboxylic acids is 1. The minimum Gasteiger partial charge on any atom is -0.481 e. The molecule has 2 atom stereocenters. The Morgan fingerprint density at radius 2 is 2.25 bits per heavy atom. The van der Waals surface area contributed by atoms with Gasteiger partial charge in [0.05, 0.1) is 17.4 Å². The number of nitrogens with zero attached hydrogens (tertiary/aromatic N) is 1. The fourth-order valence-electron chi connectivity index (χ4n) is 2.51. The largest absolute Gasteiger partial charge is 0.481 e. The van der Waals surface area contributed by atoms with Crippen molar-refractivity contribution in [2.45, 2.75) is 32.4 Å². The van der Waals surface area contributed by atoms with Crippen molar-refractivity contribution in [2.75, 3.05) is 13.7 Å². The Morgan fingerprint density at radius 1 is 1.50 bits per heavy atom. The number of carboxylic acid groups (broad SMARTS) is 1. The van der Waals surface area contributed by atoms with Crippen molar-refractivity contribution < 1.29 is 19.4 Å². The molecule has 1 saturated heterocycles. The van der Waals surface area contributed by atoms with E-state index < -0.39 is 11.9 Å². The predicted molar refractivity (Wildman–Crippen MR) is 75.9 cm³/mol. The minimum absolute atomic E-state index is 0.0782. The van der Waals surface area contributed by atoms with Crippen molar-refractivity contribution in [3.63, 3.8) is 0 Å². The quantitative estimate of drug-likeness (QED) is 0.925. The number of rotatable bonds is 4. The van der Waals surface area contributed by atoms with E-state index in [4.69, 9.17) is 9.84 Å². The molecule has 1 N–H and O–H groups in total. The van der Waals surface area contributed by atoms with Gasteiger partial charge in [-0.15, -0.1) is 11.3 Å². The van der Waals surface area contributed by atoms with Gasteiger partial charge in [0.2, 0.25) is 0 Å². The van der Waals surface area contributed by atoms with Gasteiger partial charge in [0.15, 0.2) is 0 Å². The van der Waals surface area contributed by atoms with E-state index in [2.05, 4.69) is 0 Å². The van der Waals surface area contributed by atoms with E-state index in [1.54, 1.807) is 12.0 Å². The molecular formula is C14H19NO4S. The number of ether oxygens (including phenoxy) is 1. The second-order valence-electron chi connectivity index (χ2n) is 5.13. The zero-order chi connectivity index (χ0) is 14.7. The summed E-state index contributed by atoms with van der Waals surface area (Å²) >= 11 is 1.38. The normalized spacial score (nSPS) is 22.8. The van der Waals surface area contributed by atoms with Gasteiger partial charge in [-0.05, 0) is 31.2 Å². The van der Waals surface area contributed by atoms with Crippen molar-refractivity contribution in [2.24, 2.45) is 5.92 Å². The molecule has 110 valence electrons. The summed E-state index contributed by atoms with van der Waals surface area (Å²) in [6, 6.07) is 1.96. The maximum atomic E-state index is 12.6. The number of carbonyl (C=O) groups is 2. The number of thiophene rings is 1. The lowest BCUT2D eigenvalue weighted by molar-refractivity contribution is -0.143. The number of aliphatic carboxylic acids is 1. The van der Waals surface area contributed by atoms with Gasteiger partial charge in [0.25, 0.3) is 5.91 Å². The van der Waals surface area contributed by atoms with E-state index in [1.165, 1.54) is 11.3 Å². The van der Waals surface area contributed by atoms with Crippen molar-refractivity contribution in [1.29, 1.82) is 0 Å². The molecule has 1 aromatic rings. The lowest BCUT2D eigenvalue weighted by Gasteiger charge is -2.36. The zero-order valence-electron chi connectivity index (χ0n) is 11.7. The van der Waals surface area contributed by atoms with Gasteiger partial charge in [0, 0.05) is 25.3 Å². The molecular weight excluding hydrogens is 278 g/mol. The Kier molecular flexibility index (Phi) is 4.77. The molecule has 0 aliphatic carbocycles. The van der Waals surface area contributed by atoms with Crippen LogP contribution in [0.3, 0.4) is 0 Å². The fourth-order valence-corrected chi connectivity index (χ4v) is 3.38. The number of hydrogen-bond donors (Lipinski definition) is 1. The summed E-state index contributed by atoms with van der Waals surface area (Å²) in [6.07, 6.45) is 1.36. The van der Waals surface area contributed by atoms with Gasteiger partial charge < -0.3 is 14.7 Å². The summed E-state index contributed by atoms with van der Waals surface area (Å²) in [6.45, 7) is 2.66. The molecule has 1 fully saturated rings.